The van der Waals surface area contributed by atoms with E-state index in [1.807, 2.05) is 20.8 Å². The summed E-state index contributed by atoms with van der Waals surface area (Å²) < 4.78 is 76.0. The quantitative estimate of drug-likeness (QED) is 0.0591. The Morgan fingerprint density at radius 2 is 1.76 bits per heavy atom. The van der Waals surface area contributed by atoms with Gasteiger partial charge in [0.2, 0.25) is 11.6 Å². The molecule has 0 unspecified atom stereocenters. The van der Waals surface area contributed by atoms with E-state index in [1.54, 1.807) is 24.3 Å². The van der Waals surface area contributed by atoms with Crippen molar-refractivity contribution in [3.8, 4) is 11.4 Å². The molecule has 5 aromatic rings. The molecule has 20 heteroatoms. The number of hydrogen-bond acceptors (Lipinski definition) is 11. The largest absolute Gasteiger partial charge is 0.494 e. The second kappa shape index (κ2) is 13.4. The lowest BCUT2D eigenvalue weighted by Crippen LogP contribution is -2.12. The molecule has 0 radical (unpaired) electrons. The lowest BCUT2D eigenvalue weighted by Gasteiger charge is -2.16. The molecule has 4 N–H and O–H groups in total. The smallest absolute Gasteiger partial charge is 0.296 e. The molecule has 0 atom stereocenters. The number of aromatic nitrogens is 6. The number of azo groups is 1. The number of anilines is 1. The maximum Gasteiger partial charge on any atom is 0.296 e. The molecule has 0 bridgehead atoms. The highest BCUT2D eigenvalue weighted by atomic mass is 32.2. The monoisotopic (exact) mass is 724 g/mol. The Labute approximate surface area is 286 Å². The molecule has 0 spiro atoms. The summed E-state index contributed by atoms with van der Waals surface area (Å²) >= 11 is 0. The van der Waals surface area contributed by atoms with Crippen molar-refractivity contribution in [2.24, 2.45) is 10.2 Å². The highest BCUT2D eigenvalue weighted by Gasteiger charge is 2.28. The number of aromatic amines is 1. The molecule has 0 aliphatic rings. The van der Waals surface area contributed by atoms with E-state index in [9.17, 15) is 30.7 Å². The number of benzene rings is 2. The minimum Gasteiger partial charge on any atom is -0.494 e. The third-order valence-electron chi connectivity index (χ3n) is 7.15. The van der Waals surface area contributed by atoms with Gasteiger partial charge in [-0.2, -0.15) is 26.6 Å². The van der Waals surface area contributed by atoms with Gasteiger partial charge in [-0.05, 0) is 55.8 Å². The molecule has 0 saturated heterocycles. The van der Waals surface area contributed by atoms with Gasteiger partial charge in [-0.15, -0.1) is 15.3 Å². The molecule has 50 heavy (non-hydrogen) atoms. The van der Waals surface area contributed by atoms with Crippen LogP contribution < -0.4 is 10.1 Å². The molecule has 3 aromatic heterocycles. The van der Waals surface area contributed by atoms with E-state index in [2.05, 4.69) is 40.7 Å². The topological polar surface area (TPSA) is 240 Å². The van der Waals surface area contributed by atoms with Gasteiger partial charge in [-0.3, -0.25) is 19.0 Å². The van der Waals surface area contributed by atoms with Gasteiger partial charge in [0.15, 0.2) is 17.3 Å². The van der Waals surface area contributed by atoms with Gasteiger partial charge in [0.1, 0.15) is 10.6 Å². The average molecular weight is 725 g/mol. The standard InChI is InChI=1S/C30H32N10O8S2/c1-17-25(31-6)29(39(36-17)22-16-21(49(42,43)44)13-14-23(22)50(45,46)47)35-34-26-27(30(3,4)5)38-40-28(26)33-24(37-40)8-7-15-48-20-11-9-19(10-12-20)32-18(2)41/h9-14,16,38H,7-8,15H2,1-5H3,(H,32,41)(H,42,43,44)(H,45,46,47). The van der Waals surface area contributed by atoms with Gasteiger partial charge in [0, 0.05) is 24.4 Å². The second-order valence-corrected chi connectivity index (χ2v) is 14.9. The summed E-state index contributed by atoms with van der Waals surface area (Å²) in [5, 5.41) is 23.3. The lowest BCUT2D eigenvalue weighted by atomic mass is 9.91. The van der Waals surface area contributed by atoms with Crippen LogP contribution in [-0.2, 0) is 36.9 Å². The lowest BCUT2D eigenvalue weighted by molar-refractivity contribution is -0.114. The van der Waals surface area contributed by atoms with E-state index in [1.165, 1.54) is 18.5 Å². The maximum atomic E-state index is 12.3. The first-order chi connectivity index (χ1) is 23.4. The fraction of sp³-hybridized carbons (Fsp3) is 0.300. The Morgan fingerprint density at radius 1 is 1.06 bits per heavy atom. The van der Waals surface area contributed by atoms with E-state index in [0.717, 1.165) is 22.9 Å². The Balaban J connectivity index is 1.48. The first-order valence-electron chi connectivity index (χ1n) is 14.8. The number of carbonyl (C=O) groups excluding carboxylic acids is 1. The Hall–Kier alpha value is -5.49. The predicted molar refractivity (Wildman–Crippen MR) is 179 cm³/mol. The first-order valence-corrected chi connectivity index (χ1v) is 17.7. The third kappa shape index (κ3) is 7.70. The van der Waals surface area contributed by atoms with Gasteiger partial charge < -0.3 is 10.1 Å². The molecule has 0 fully saturated rings. The van der Waals surface area contributed by atoms with E-state index in [4.69, 9.17) is 11.3 Å². The number of rotatable bonds is 11. The Bertz CT molecular complexity index is 2400. The summed E-state index contributed by atoms with van der Waals surface area (Å²) in [7, 11) is -9.76. The van der Waals surface area contributed by atoms with Crippen LogP contribution in [0.2, 0.25) is 0 Å². The molecule has 18 nitrogen and oxygen atoms in total. The van der Waals surface area contributed by atoms with Crippen molar-refractivity contribution in [1.82, 2.24) is 29.6 Å². The van der Waals surface area contributed by atoms with Crippen molar-refractivity contribution >= 4 is 54.7 Å². The summed E-state index contributed by atoms with van der Waals surface area (Å²) in [5.74, 6) is 0.648. The van der Waals surface area contributed by atoms with Gasteiger partial charge >= 0.3 is 0 Å². The van der Waals surface area contributed by atoms with Gasteiger partial charge in [-0.25, -0.2) is 14.5 Å². The summed E-state index contributed by atoms with van der Waals surface area (Å²) in [6.45, 7) is 16.7. The summed E-state index contributed by atoms with van der Waals surface area (Å²) in [6, 6.07) is 9.32. The molecule has 262 valence electrons. The summed E-state index contributed by atoms with van der Waals surface area (Å²) in [4.78, 5) is 17.9. The van der Waals surface area contributed by atoms with E-state index < -0.39 is 41.1 Å². The van der Waals surface area contributed by atoms with Crippen molar-refractivity contribution in [3.63, 3.8) is 0 Å². The first kappa shape index (κ1) is 35.8. The highest BCUT2D eigenvalue weighted by molar-refractivity contribution is 7.86. The third-order valence-corrected chi connectivity index (χ3v) is 8.90. The second-order valence-electron chi connectivity index (χ2n) is 12.1. The van der Waals surface area contributed by atoms with Gasteiger partial charge in [-0.1, -0.05) is 20.8 Å². The molecular formula is C30H32N10O8S2. The van der Waals surface area contributed by atoms with Crippen LogP contribution in [0.3, 0.4) is 0 Å². The number of amides is 1. The van der Waals surface area contributed by atoms with Crippen molar-refractivity contribution in [3.05, 3.63) is 71.1 Å². The van der Waals surface area contributed by atoms with Gasteiger partial charge in [0.25, 0.3) is 25.9 Å². The number of nitrogens with zero attached hydrogens (tertiary/aromatic N) is 8. The minimum atomic E-state index is -4.95. The van der Waals surface area contributed by atoms with E-state index in [-0.39, 0.29) is 28.8 Å². The Morgan fingerprint density at radius 3 is 2.36 bits per heavy atom. The number of H-pyrrole nitrogens is 1. The van der Waals surface area contributed by atoms with Crippen molar-refractivity contribution in [2.45, 2.75) is 62.7 Å². The van der Waals surface area contributed by atoms with Crippen LogP contribution in [-0.4, -0.2) is 68.0 Å². The molecule has 5 rings (SSSR count). The number of fused-ring (bicyclic) bond motifs is 1. The molecule has 0 aliphatic heterocycles. The fourth-order valence-corrected chi connectivity index (χ4v) is 6.02. The van der Waals surface area contributed by atoms with Crippen LogP contribution >= 0.6 is 0 Å². The zero-order valence-electron chi connectivity index (χ0n) is 27.4. The molecule has 3 heterocycles. The zero-order valence-corrected chi connectivity index (χ0v) is 29.0. The Kier molecular flexibility index (Phi) is 9.62. The minimum absolute atomic E-state index is 0.0958. The van der Waals surface area contributed by atoms with Crippen LogP contribution in [0, 0.1) is 13.5 Å². The normalized spacial score (nSPS) is 12.4. The number of carbonyl (C=O) groups is 1. The molecule has 0 saturated carbocycles. The number of ether oxygens (including phenoxy) is 1. The zero-order chi connectivity index (χ0) is 36.6. The maximum absolute atomic E-state index is 12.3. The van der Waals surface area contributed by atoms with Crippen LogP contribution in [0.5, 0.6) is 5.75 Å². The highest BCUT2D eigenvalue weighted by Crippen LogP contribution is 2.39. The van der Waals surface area contributed by atoms with Crippen molar-refractivity contribution in [2.75, 3.05) is 11.9 Å². The molecule has 0 aliphatic carbocycles. The summed E-state index contributed by atoms with van der Waals surface area (Å²) in [6.07, 6.45) is 1.01. The van der Waals surface area contributed by atoms with Crippen LogP contribution in [0.15, 0.2) is 62.5 Å². The fourth-order valence-electron chi connectivity index (χ4n) is 4.87. The average Bonchev–Trinajstić information content (AvgIpc) is 3.67. The van der Waals surface area contributed by atoms with Crippen molar-refractivity contribution < 1.29 is 35.5 Å². The predicted octanol–water partition coefficient (Wildman–Crippen LogP) is 5.28. The SMILES string of the molecule is [C-]#[N+]c1c(C)nn(-c2cc(S(=O)(=O)O)ccc2S(=O)(=O)O)c1N=Nc1c(C(C)(C)C)[nH]n2nc(CCCOc3ccc(NC(C)=O)cc3)nc12. The number of nitrogens with one attached hydrogen (secondary N) is 2. The summed E-state index contributed by atoms with van der Waals surface area (Å²) in [5.41, 5.74) is 0.733. The van der Waals surface area contributed by atoms with Crippen LogP contribution in [0.4, 0.5) is 22.9 Å². The van der Waals surface area contributed by atoms with Crippen LogP contribution in [0.25, 0.3) is 16.2 Å². The van der Waals surface area contributed by atoms with Crippen LogP contribution in [0.1, 0.15) is 51.3 Å². The van der Waals surface area contributed by atoms with Gasteiger partial charge in [0.05, 0.1) is 35.1 Å². The molecule has 1 amide bonds. The van der Waals surface area contributed by atoms with E-state index in [0.29, 0.717) is 48.1 Å². The van der Waals surface area contributed by atoms with E-state index >= 15 is 0 Å². The number of aryl methyl sites for hydroxylation is 2. The van der Waals surface area contributed by atoms with Crippen molar-refractivity contribution in [1.29, 1.82) is 0 Å². The number of hydrogen-bond donors (Lipinski definition) is 4. The molecule has 2 aromatic carbocycles. The molecular weight excluding hydrogens is 693 g/mol.